The van der Waals surface area contributed by atoms with Gasteiger partial charge in [0.25, 0.3) is 5.69 Å². The summed E-state index contributed by atoms with van der Waals surface area (Å²) < 4.78 is 2.35. The summed E-state index contributed by atoms with van der Waals surface area (Å²) in [7, 11) is 0. The van der Waals surface area contributed by atoms with E-state index in [-0.39, 0.29) is 5.69 Å². The number of nitrogens with zero attached hydrogens (tertiary/aromatic N) is 3. The summed E-state index contributed by atoms with van der Waals surface area (Å²) in [6.45, 7) is 0.482. The summed E-state index contributed by atoms with van der Waals surface area (Å²) >= 11 is 3.26. The lowest BCUT2D eigenvalue weighted by atomic mass is 10.2. The van der Waals surface area contributed by atoms with Gasteiger partial charge in [0, 0.05) is 12.1 Å². The van der Waals surface area contributed by atoms with Gasteiger partial charge >= 0.3 is 0 Å². The third-order valence-electron chi connectivity index (χ3n) is 2.31. The maximum absolute atomic E-state index is 10.5. The third kappa shape index (κ3) is 2.44. The first kappa shape index (κ1) is 11.6. The van der Waals surface area contributed by atoms with Crippen molar-refractivity contribution in [3.8, 4) is 0 Å². The van der Waals surface area contributed by atoms with Crippen LogP contribution in [0.4, 0.5) is 11.5 Å². The fraction of sp³-hybridized carbons (Fsp3) is 0.100. The van der Waals surface area contributed by atoms with Crippen LogP contribution in [0.5, 0.6) is 0 Å². The van der Waals surface area contributed by atoms with Crippen LogP contribution in [-0.4, -0.2) is 14.7 Å². The van der Waals surface area contributed by atoms with Crippen LogP contribution in [0, 0.1) is 10.1 Å². The number of aromatic nitrogens is 2. The maximum atomic E-state index is 10.5. The molecule has 17 heavy (non-hydrogen) atoms. The Bertz CT molecular complexity index is 550. The number of non-ortho nitro benzene ring substituents is 1. The number of hydrogen-bond acceptors (Lipinski definition) is 4. The smallest absolute Gasteiger partial charge is 0.269 e. The lowest BCUT2D eigenvalue weighted by Gasteiger charge is -2.04. The Kier molecular flexibility index (Phi) is 3.10. The van der Waals surface area contributed by atoms with Gasteiger partial charge in [-0.05, 0) is 21.5 Å². The van der Waals surface area contributed by atoms with E-state index < -0.39 is 4.92 Å². The van der Waals surface area contributed by atoms with Crippen LogP contribution in [0.3, 0.4) is 0 Å². The van der Waals surface area contributed by atoms with Gasteiger partial charge in [-0.1, -0.05) is 12.1 Å². The van der Waals surface area contributed by atoms with Crippen LogP contribution >= 0.6 is 15.9 Å². The van der Waals surface area contributed by atoms with E-state index in [0.717, 1.165) is 10.0 Å². The van der Waals surface area contributed by atoms with Crippen LogP contribution in [0.1, 0.15) is 5.56 Å². The van der Waals surface area contributed by atoms with Crippen LogP contribution in [0.25, 0.3) is 0 Å². The summed E-state index contributed by atoms with van der Waals surface area (Å²) in [5, 5.41) is 14.6. The maximum Gasteiger partial charge on any atom is 0.269 e. The molecular weight excluding hydrogens is 288 g/mol. The highest BCUT2D eigenvalue weighted by atomic mass is 79.9. The van der Waals surface area contributed by atoms with Crippen molar-refractivity contribution in [2.75, 3.05) is 5.73 Å². The minimum Gasteiger partial charge on any atom is -0.383 e. The van der Waals surface area contributed by atoms with Crippen molar-refractivity contribution in [3.05, 3.63) is 50.6 Å². The summed E-state index contributed by atoms with van der Waals surface area (Å²) in [4.78, 5) is 10.1. The minimum absolute atomic E-state index is 0.0726. The molecule has 0 aliphatic heterocycles. The van der Waals surface area contributed by atoms with Crippen LogP contribution < -0.4 is 5.73 Å². The zero-order valence-electron chi connectivity index (χ0n) is 8.71. The van der Waals surface area contributed by atoms with Crippen molar-refractivity contribution < 1.29 is 4.92 Å². The SMILES string of the molecule is Nc1c(Br)cnn1Cc1ccc([N+](=O)[O-])cc1. The summed E-state index contributed by atoms with van der Waals surface area (Å²) in [6, 6.07) is 6.30. The number of nitrogens with two attached hydrogens (primary N) is 1. The van der Waals surface area contributed by atoms with Crippen LogP contribution in [0.15, 0.2) is 34.9 Å². The molecule has 2 aromatic rings. The number of nitro benzene ring substituents is 1. The largest absolute Gasteiger partial charge is 0.383 e. The van der Waals surface area contributed by atoms with E-state index >= 15 is 0 Å². The second-order valence-corrected chi connectivity index (χ2v) is 4.31. The van der Waals surface area contributed by atoms with Crippen LogP contribution in [-0.2, 0) is 6.54 Å². The first-order valence-electron chi connectivity index (χ1n) is 4.78. The van der Waals surface area contributed by atoms with Gasteiger partial charge in [0.2, 0.25) is 0 Å². The van der Waals surface area contributed by atoms with E-state index in [1.807, 2.05) is 0 Å². The molecule has 1 aromatic heterocycles. The number of rotatable bonds is 3. The Morgan fingerprint density at radius 2 is 2.06 bits per heavy atom. The lowest BCUT2D eigenvalue weighted by Crippen LogP contribution is -2.05. The van der Waals surface area contributed by atoms with Crippen molar-refractivity contribution in [2.24, 2.45) is 0 Å². The molecule has 0 saturated carbocycles. The molecule has 1 aromatic carbocycles. The van der Waals surface area contributed by atoms with Gasteiger partial charge in [0.05, 0.1) is 22.1 Å². The van der Waals surface area contributed by atoms with Crippen molar-refractivity contribution in [2.45, 2.75) is 6.54 Å². The quantitative estimate of drug-likeness (QED) is 0.695. The molecule has 0 spiro atoms. The number of nitrogen functional groups attached to an aromatic ring is 1. The first-order valence-corrected chi connectivity index (χ1v) is 5.57. The van der Waals surface area contributed by atoms with Crippen molar-refractivity contribution in [3.63, 3.8) is 0 Å². The van der Waals surface area contributed by atoms with Crippen molar-refractivity contribution in [1.82, 2.24) is 9.78 Å². The van der Waals surface area contributed by atoms with Gasteiger partial charge in [-0.25, -0.2) is 4.68 Å². The Balaban J connectivity index is 2.19. The Morgan fingerprint density at radius 3 is 2.53 bits per heavy atom. The topological polar surface area (TPSA) is 87.0 Å². The molecule has 0 radical (unpaired) electrons. The summed E-state index contributed by atoms with van der Waals surface area (Å²) in [6.07, 6.45) is 1.61. The molecule has 0 aliphatic carbocycles. The zero-order valence-corrected chi connectivity index (χ0v) is 10.3. The highest BCUT2D eigenvalue weighted by Crippen LogP contribution is 2.19. The average molecular weight is 297 g/mol. The van der Waals surface area contributed by atoms with Gasteiger partial charge in [-0.15, -0.1) is 0 Å². The zero-order chi connectivity index (χ0) is 12.4. The van der Waals surface area contributed by atoms with Gasteiger partial charge in [-0.2, -0.15) is 5.10 Å². The predicted molar refractivity (Wildman–Crippen MR) is 66.5 cm³/mol. The molecule has 2 rings (SSSR count). The molecule has 6 nitrogen and oxygen atoms in total. The molecule has 0 bridgehead atoms. The summed E-state index contributed by atoms with van der Waals surface area (Å²) in [5.41, 5.74) is 6.75. The normalized spacial score (nSPS) is 10.4. The lowest BCUT2D eigenvalue weighted by molar-refractivity contribution is -0.384. The molecule has 0 amide bonds. The second-order valence-electron chi connectivity index (χ2n) is 3.46. The molecule has 2 N–H and O–H groups in total. The van der Waals surface area contributed by atoms with E-state index in [1.54, 1.807) is 23.0 Å². The van der Waals surface area contributed by atoms with E-state index in [9.17, 15) is 10.1 Å². The fourth-order valence-corrected chi connectivity index (χ4v) is 1.69. The molecule has 7 heteroatoms. The molecule has 0 unspecified atom stereocenters. The number of nitro groups is 1. The van der Waals surface area contributed by atoms with Gasteiger partial charge in [-0.3, -0.25) is 10.1 Å². The molecule has 0 fully saturated rings. The number of anilines is 1. The monoisotopic (exact) mass is 296 g/mol. The molecule has 0 saturated heterocycles. The van der Waals surface area contributed by atoms with E-state index in [1.165, 1.54) is 12.1 Å². The fourth-order valence-electron chi connectivity index (χ4n) is 1.39. The molecular formula is C10H9BrN4O2. The summed E-state index contributed by atoms with van der Waals surface area (Å²) in [5.74, 6) is 0.531. The number of benzene rings is 1. The van der Waals surface area contributed by atoms with Crippen LogP contribution in [0.2, 0.25) is 0 Å². The van der Waals surface area contributed by atoms with E-state index in [4.69, 9.17) is 5.73 Å². The molecule has 88 valence electrons. The standard InChI is InChI=1S/C10H9BrN4O2/c11-9-5-13-14(10(9)12)6-7-1-3-8(4-2-7)15(16)17/h1-5H,6,12H2. The van der Waals surface area contributed by atoms with Gasteiger partial charge in [0.15, 0.2) is 0 Å². The number of hydrogen-bond donors (Lipinski definition) is 1. The van der Waals surface area contributed by atoms with Gasteiger partial charge in [0.1, 0.15) is 5.82 Å². The molecule has 1 heterocycles. The Labute approximate surface area is 105 Å². The highest BCUT2D eigenvalue weighted by molar-refractivity contribution is 9.10. The minimum atomic E-state index is -0.428. The van der Waals surface area contributed by atoms with Gasteiger partial charge < -0.3 is 5.73 Å². The third-order valence-corrected chi connectivity index (χ3v) is 2.92. The first-order chi connectivity index (χ1) is 8.08. The average Bonchev–Trinajstić information content (AvgIpc) is 2.62. The van der Waals surface area contributed by atoms with E-state index in [2.05, 4.69) is 21.0 Å². The Morgan fingerprint density at radius 1 is 1.41 bits per heavy atom. The van der Waals surface area contributed by atoms with Crippen molar-refractivity contribution >= 4 is 27.4 Å². The highest BCUT2D eigenvalue weighted by Gasteiger charge is 2.07. The molecule has 0 atom stereocenters. The predicted octanol–water partition coefficient (Wildman–Crippen LogP) is 2.18. The Hall–Kier alpha value is -1.89. The number of halogens is 1. The van der Waals surface area contributed by atoms with E-state index in [0.29, 0.717) is 12.4 Å². The second kappa shape index (κ2) is 4.54. The molecule has 0 aliphatic rings. The van der Waals surface area contributed by atoms with Crippen molar-refractivity contribution in [1.29, 1.82) is 0 Å².